The Morgan fingerprint density at radius 1 is 1.15 bits per heavy atom. The maximum absolute atomic E-state index is 14.9. The fraction of sp³-hybridized carbons (Fsp3) is 0.600. The molecule has 2 aliphatic carbocycles. The first kappa shape index (κ1) is 21.0. The number of rotatable bonds is 7. The van der Waals surface area contributed by atoms with Crippen LogP contribution < -0.4 is 15.0 Å². The number of halogens is 1. The Balaban J connectivity index is 1.19. The van der Waals surface area contributed by atoms with Crippen LogP contribution in [0, 0.1) is 24.6 Å². The molecule has 6 rings (SSSR count). The zero-order chi connectivity index (χ0) is 22.5. The summed E-state index contributed by atoms with van der Waals surface area (Å²) in [5.41, 5.74) is 1.37. The van der Waals surface area contributed by atoms with Crippen LogP contribution in [-0.4, -0.2) is 48.1 Å². The molecule has 2 aliphatic heterocycles. The van der Waals surface area contributed by atoms with E-state index in [1.807, 2.05) is 6.92 Å². The second-order valence-corrected chi connectivity index (χ2v) is 10.1. The molecule has 2 aromatic rings. The third kappa shape index (κ3) is 4.21. The van der Waals surface area contributed by atoms with Gasteiger partial charge in [-0.1, -0.05) is 0 Å². The highest BCUT2D eigenvalue weighted by Gasteiger charge is 2.47. The quantitative estimate of drug-likeness (QED) is 0.671. The van der Waals surface area contributed by atoms with Gasteiger partial charge >= 0.3 is 0 Å². The third-order valence-electron chi connectivity index (χ3n) is 7.57. The lowest BCUT2D eigenvalue weighted by Crippen LogP contribution is -2.36. The van der Waals surface area contributed by atoms with E-state index >= 15 is 0 Å². The standard InChI is InChI=1S/C25H31FN4O3/c1-15-9-18(13-20(26)23(15)32-19-11-16-10-17(16)12-19)27-24(31)22-21(14-29-5-4-6-29)33-25(28-22)30-7-2-3-8-30/h9,13,16-17,19H,2-8,10-12,14H2,1H3,(H,27,31). The highest BCUT2D eigenvalue weighted by Crippen LogP contribution is 2.52. The fourth-order valence-electron chi connectivity index (χ4n) is 5.48. The van der Waals surface area contributed by atoms with Gasteiger partial charge in [-0.15, -0.1) is 0 Å². The largest absolute Gasteiger partial charge is 0.487 e. The van der Waals surface area contributed by atoms with Crippen molar-refractivity contribution in [1.82, 2.24) is 9.88 Å². The van der Waals surface area contributed by atoms with Crippen LogP contribution in [0.1, 0.15) is 60.3 Å². The van der Waals surface area contributed by atoms with Crippen LogP contribution in [0.2, 0.25) is 0 Å². The summed E-state index contributed by atoms with van der Waals surface area (Å²) >= 11 is 0. The van der Waals surface area contributed by atoms with E-state index in [2.05, 4.69) is 20.1 Å². The average Bonchev–Trinajstić information content (AvgIpc) is 3.18. The number of ether oxygens (including phenoxy) is 1. The minimum Gasteiger partial charge on any atom is -0.487 e. The lowest BCUT2D eigenvalue weighted by atomic mass is 10.1. The molecule has 7 nitrogen and oxygen atoms in total. The molecule has 8 heteroatoms. The van der Waals surface area contributed by atoms with Gasteiger partial charge in [0.2, 0.25) is 0 Å². The Morgan fingerprint density at radius 3 is 2.58 bits per heavy atom. The van der Waals surface area contributed by atoms with Gasteiger partial charge in [0.05, 0.1) is 12.6 Å². The van der Waals surface area contributed by atoms with Crippen LogP contribution in [-0.2, 0) is 6.54 Å². The summed E-state index contributed by atoms with van der Waals surface area (Å²) in [6, 6.07) is 3.61. The first-order valence-corrected chi connectivity index (χ1v) is 12.3. The molecule has 0 radical (unpaired) electrons. The minimum atomic E-state index is -0.440. The number of aromatic nitrogens is 1. The maximum Gasteiger partial charge on any atom is 0.298 e. The number of anilines is 2. The van der Waals surface area contributed by atoms with Gasteiger partial charge in [0, 0.05) is 24.8 Å². The number of likely N-dealkylation sites (tertiary alicyclic amines) is 1. The van der Waals surface area contributed by atoms with Gasteiger partial charge in [0.25, 0.3) is 11.9 Å². The number of aryl methyl sites for hydroxylation is 1. The van der Waals surface area contributed by atoms with Crippen molar-refractivity contribution in [3.8, 4) is 5.75 Å². The van der Waals surface area contributed by atoms with Gasteiger partial charge in [-0.05, 0) is 82.0 Å². The first-order chi connectivity index (χ1) is 16.0. The molecular formula is C25H31FN4O3. The molecule has 33 heavy (non-hydrogen) atoms. The Bertz CT molecular complexity index is 1030. The van der Waals surface area contributed by atoms with Gasteiger partial charge in [-0.25, -0.2) is 4.39 Å². The van der Waals surface area contributed by atoms with Gasteiger partial charge < -0.3 is 19.4 Å². The second kappa shape index (κ2) is 8.31. The highest BCUT2D eigenvalue weighted by atomic mass is 19.1. The molecule has 4 fully saturated rings. The van der Waals surface area contributed by atoms with Crippen molar-refractivity contribution in [3.05, 3.63) is 35.0 Å². The zero-order valence-electron chi connectivity index (χ0n) is 19.1. The maximum atomic E-state index is 14.9. The molecule has 2 atom stereocenters. The predicted molar refractivity (Wildman–Crippen MR) is 122 cm³/mol. The number of nitrogens with one attached hydrogen (secondary N) is 1. The summed E-state index contributed by atoms with van der Waals surface area (Å²) in [5, 5.41) is 2.83. The van der Waals surface area contributed by atoms with Crippen LogP contribution in [0.25, 0.3) is 0 Å². The summed E-state index contributed by atoms with van der Waals surface area (Å²) in [6.45, 7) is 6.15. The number of benzene rings is 1. The van der Waals surface area contributed by atoms with E-state index in [1.165, 1.54) is 12.5 Å². The summed E-state index contributed by atoms with van der Waals surface area (Å²) in [6.07, 6.45) is 6.80. The van der Waals surface area contributed by atoms with Gasteiger partial charge in [-0.3, -0.25) is 9.69 Å². The topological polar surface area (TPSA) is 70.8 Å². The molecule has 1 amide bonds. The number of hydrogen-bond donors (Lipinski definition) is 1. The van der Waals surface area contributed by atoms with E-state index in [0.717, 1.165) is 70.1 Å². The van der Waals surface area contributed by atoms with E-state index in [4.69, 9.17) is 9.15 Å². The second-order valence-electron chi connectivity index (χ2n) is 10.1. The van der Waals surface area contributed by atoms with Crippen molar-refractivity contribution >= 4 is 17.6 Å². The molecule has 1 aromatic carbocycles. The van der Waals surface area contributed by atoms with Crippen LogP contribution in [0.4, 0.5) is 16.1 Å². The van der Waals surface area contributed by atoms with Crippen molar-refractivity contribution in [2.75, 3.05) is 36.4 Å². The summed E-state index contributed by atoms with van der Waals surface area (Å²) < 4.78 is 26.9. The number of hydrogen-bond acceptors (Lipinski definition) is 6. The molecule has 2 saturated heterocycles. The number of carbonyl (C=O) groups excluding carboxylic acids is 1. The Morgan fingerprint density at radius 2 is 1.91 bits per heavy atom. The monoisotopic (exact) mass is 454 g/mol. The molecule has 0 bridgehead atoms. The Kier molecular flexibility index (Phi) is 5.28. The average molecular weight is 455 g/mol. The molecular weight excluding hydrogens is 423 g/mol. The number of nitrogens with zero attached hydrogens (tertiary/aromatic N) is 3. The molecule has 2 unspecified atom stereocenters. The fourth-order valence-corrected chi connectivity index (χ4v) is 5.48. The normalized spacial score (nSPS) is 26.2. The van der Waals surface area contributed by atoms with Crippen LogP contribution in [0.5, 0.6) is 5.75 Å². The number of fused-ring (bicyclic) bond motifs is 1. The molecule has 4 aliphatic rings. The van der Waals surface area contributed by atoms with Crippen LogP contribution in [0.15, 0.2) is 16.5 Å². The molecule has 176 valence electrons. The smallest absolute Gasteiger partial charge is 0.298 e. The SMILES string of the molecule is Cc1cc(NC(=O)c2nc(N3CCCC3)oc2CN2CCC2)cc(F)c1OC1CC2CC2C1. The van der Waals surface area contributed by atoms with Crippen molar-refractivity contribution < 1.29 is 18.3 Å². The van der Waals surface area contributed by atoms with E-state index < -0.39 is 5.82 Å². The summed E-state index contributed by atoms with van der Waals surface area (Å²) in [4.78, 5) is 22.0. The predicted octanol–water partition coefficient (Wildman–Crippen LogP) is 4.36. The molecule has 2 saturated carbocycles. The zero-order valence-corrected chi connectivity index (χ0v) is 19.1. The molecule has 3 heterocycles. The minimum absolute atomic E-state index is 0.102. The van der Waals surface area contributed by atoms with Gasteiger partial charge in [0.15, 0.2) is 23.0 Å². The van der Waals surface area contributed by atoms with E-state index in [1.54, 1.807) is 6.07 Å². The molecule has 1 aromatic heterocycles. The van der Waals surface area contributed by atoms with Gasteiger partial charge in [-0.2, -0.15) is 4.98 Å². The van der Waals surface area contributed by atoms with Crippen LogP contribution >= 0.6 is 0 Å². The van der Waals surface area contributed by atoms with Gasteiger partial charge in [0.1, 0.15) is 0 Å². The number of amides is 1. The van der Waals surface area contributed by atoms with Crippen molar-refractivity contribution in [1.29, 1.82) is 0 Å². The van der Waals surface area contributed by atoms with Crippen molar-refractivity contribution in [2.24, 2.45) is 11.8 Å². The highest BCUT2D eigenvalue weighted by molar-refractivity contribution is 6.03. The lowest BCUT2D eigenvalue weighted by molar-refractivity contribution is 0.101. The van der Waals surface area contributed by atoms with Crippen molar-refractivity contribution in [3.63, 3.8) is 0 Å². The summed E-state index contributed by atoms with van der Waals surface area (Å²) in [7, 11) is 0. The Labute approximate surface area is 193 Å². The van der Waals surface area contributed by atoms with E-state index in [0.29, 0.717) is 35.3 Å². The number of carbonyl (C=O) groups is 1. The summed E-state index contributed by atoms with van der Waals surface area (Å²) in [5.74, 6) is 1.61. The van der Waals surface area contributed by atoms with Crippen LogP contribution in [0.3, 0.4) is 0 Å². The third-order valence-corrected chi connectivity index (χ3v) is 7.57. The first-order valence-electron chi connectivity index (χ1n) is 12.3. The van der Waals surface area contributed by atoms with E-state index in [-0.39, 0.29) is 17.7 Å². The Hall–Kier alpha value is -2.61. The van der Waals surface area contributed by atoms with E-state index in [9.17, 15) is 9.18 Å². The molecule has 0 spiro atoms. The lowest BCUT2D eigenvalue weighted by Gasteiger charge is -2.29. The number of oxazole rings is 1. The molecule has 1 N–H and O–H groups in total. The van der Waals surface area contributed by atoms with Crippen molar-refractivity contribution in [2.45, 2.75) is 58.1 Å².